The van der Waals surface area contributed by atoms with Crippen LogP contribution in [0.3, 0.4) is 0 Å². The van der Waals surface area contributed by atoms with Crippen LogP contribution in [0.5, 0.6) is 0 Å². The molecule has 0 fully saturated rings. The Bertz CT molecular complexity index is 1040. The van der Waals surface area contributed by atoms with Gasteiger partial charge >= 0.3 is 0 Å². The molecule has 1 N–H and O–H groups in total. The lowest BCUT2D eigenvalue weighted by molar-refractivity contribution is -0.117. The summed E-state index contributed by atoms with van der Waals surface area (Å²) in [5, 5.41) is 6.98. The summed E-state index contributed by atoms with van der Waals surface area (Å²) in [7, 11) is 1.41. The summed E-state index contributed by atoms with van der Waals surface area (Å²) in [6.07, 6.45) is 3.74. The monoisotopic (exact) mass is 366 g/mol. The molecule has 8 nitrogen and oxygen atoms in total. The number of nitrogens with one attached hydrogen (secondary N) is 1. The highest BCUT2D eigenvalue weighted by Crippen LogP contribution is 2.24. The third-order valence-electron chi connectivity index (χ3n) is 4.94. The van der Waals surface area contributed by atoms with E-state index in [1.807, 2.05) is 0 Å². The van der Waals surface area contributed by atoms with Gasteiger partial charge in [-0.1, -0.05) is 0 Å². The van der Waals surface area contributed by atoms with Crippen LogP contribution in [0.2, 0.25) is 0 Å². The second kappa shape index (κ2) is 6.46. The molecule has 0 unspecified atom stereocenters. The number of aryl methyl sites for hydroxylation is 2. The van der Waals surface area contributed by atoms with Crippen LogP contribution in [0.1, 0.15) is 44.8 Å². The molecule has 27 heavy (non-hydrogen) atoms. The predicted molar refractivity (Wildman–Crippen MR) is 96.6 cm³/mol. The van der Waals surface area contributed by atoms with Gasteiger partial charge < -0.3 is 5.32 Å². The summed E-state index contributed by atoms with van der Waals surface area (Å²) >= 11 is 0. The summed E-state index contributed by atoms with van der Waals surface area (Å²) in [5.41, 5.74) is 2.49. The number of aromatic nitrogens is 2. The number of benzene rings is 1. The van der Waals surface area contributed by atoms with Crippen LogP contribution >= 0.6 is 0 Å². The smallest absolute Gasteiger partial charge is 0.267 e. The standard InChI is InChI=1S/C19H18N4O4/c1-22-18(26)13-7-6-12(9-14(13)19(22)27)20-16(24)10-23-17(25)8-11-4-2-3-5-15(11)21-23/h6-9H,2-5,10H2,1H3,(H,20,24). The van der Waals surface area contributed by atoms with E-state index in [1.165, 1.54) is 19.2 Å². The van der Waals surface area contributed by atoms with Gasteiger partial charge in [0.05, 0.1) is 16.8 Å². The zero-order chi connectivity index (χ0) is 19.1. The molecule has 0 atom stereocenters. The van der Waals surface area contributed by atoms with Gasteiger partial charge in [-0.15, -0.1) is 0 Å². The Kier molecular flexibility index (Phi) is 4.10. The molecular weight excluding hydrogens is 348 g/mol. The van der Waals surface area contributed by atoms with Crippen molar-refractivity contribution in [2.45, 2.75) is 32.2 Å². The highest BCUT2D eigenvalue weighted by atomic mass is 16.2. The van der Waals surface area contributed by atoms with Crippen LogP contribution in [-0.4, -0.2) is 39.4 Å². The summed E-state index contributed by atoms with van der Waals surface area (Å²) in [6, 6.07) is 6.10. The molecule has 4 rings (SSSR count). The molecule has 0 saturated carbocycles. The molecule has 2 aromatic rings. The van der Waals surface area contributed by atoms with E-state index < -0.39 is 11.8 Å². The zero-order valence-electron chi connectivity index (χ0n) is 14.8. The SMILES string of the molecule is CN1C(=O)c2ccc(NC(=O)Cn3nc4c(cc3=O)CCCC4)cc2C1=O. The van der Waals surface area contributed by atoms with Crippen molar-refractivity contribution in [3.63, 3.8) is 0 Å². The van der Waals surface area contributed by atoms with E-state index in [1.54, 1.807) is 12.1 Å². The second-order valence-corrected chi connectivity index (χ2v) is 6.80. The van der Waals surface area contributed by atoms with Gasteiger partial charge in [0.2, 0.25) is 5.91 Å². The minimum atomic E-state index is -0.426. The van der Waals surface area contributed by atoms with Crippen molar-refractivity contribution in [3.05, 3.63) is 57.0 Å². The molecule has 1 aliphatic heterocycles. The number of hydrogen-bond acceptors (Lipinski definition) is 5. The maximum Gasteiger partial charge on any atom is 0.267 e. The van der Waals surface area contributed by atoms with E-state index in [9.17, 15) is 19.2 Å². The van der Waals surface area contributed by atoms with Gasteiger partial charge in [-0.05, 0) is 49.4 Å². The van der Waals surface area contributed by atoms with Crippen molar-refractivity contribution >= 4 is 23.4 Å². The Morgan fingerprint density at radius 2 is 1.81 bits per heavy atom. The highest BCUT2D eigenvalue weighted by molar-refractivity contribution is 6.21. The number of rotatable bonds is 3. The molecular formula is C19H18N4O4. The average molecular weight is 366 g/mol. The Hall–Kier alpha value is -3.29. The Balaban J connectivity index is 1.52. The van der Waals surface area contributed by atoms with Crippen molar-refractivity contribution in [2.75, 3.05) is 12.4 Å². The van der Waals surface area contributed by atoms with Gasteiger partial charge in [0.1, 0.15) is 6.54 Å². The fourth-order valence-electron chi connectivity index (χ4n) is 3.49. The van der Waals surface area contributed by atoms with Crippen LogP contribution in [0, 0.1) is 0 Å². The number of amides is 3. The number of hydrogen-bond donors (Lipinski definition) is 1. The molecule has 0 radical (unpaired) electrons. The Morgan fingerprint density at radius 3 is 2.63 bits per heavy atom. The lowest BCUT2D eigenvalue weighted by Crippen LogP contribution is -2.31. The molecule has 2 heterocycles. The first kappa shape index (κ1) is 17.1. The van der Waals surface area contributed by atoms with Gasteiger partial charge in [-0.25, -0.2) is 4.68 Å². The third-order valence-corrected chi connectivity index (χ3v) is 4.94. The minimum Gasteiger partial charge on any atom is -0.324 e. The van der Waals surface area contributed by atoms with Crippen molar-refractivity contribution in [2.24, 2.45) is 0 Å². The van der Waals surface area contributed by atoms with E-state index in [0.717, 1.165) is 46.5 Å². The molecule has 1 aromatic heterocycles. The first-order valence-electron chi connectivity index (χ1n) is 8.80. The number of carbonyl (C=O) groups excluding carboxylic acids is 3. The van der Waals surface area contributed by atoms with Crippen LogP contribution in [0.25, 0.3) is 0 Å². The average Bonchev–Trinajstić information content (AvgIpc) is 2.86. The minimum absolute atomic E-state index is 0.212. The van der Waals surface area contributed by atoms with Crippen molar-refractivity contribution in [1.29, 1.82) is 0 Å². The first-order chi connectivity index (χ1) is 12.9. The van der Waals surface area contributed by atoms with Crippen LogP contribution in [0.4, 0.5) is 5.69 Å². The van der Waals surface area contributed by atoms with E-state index >= 15 is 0 Å². The molecule has 0 bridgehead atoms. The molecule has 8 heteroatoms. The quantitative estimate of drug-likeness (QED) is 0.816. The zero-order valence-corrected chi connectivity index (χ0v) is 14.8. The number of imide groups is 1. The van der Waals surface area contributed by atoms with Crippen molar-refractivity contribution in [3.8, 4) is 0 Å². The summed E-state index contributed by atoms with van der Waals surface area (Å²) in [5.74, 6) is -1.19. The van der Waals surface area contributed by atoms with Gasteiger partial charge in [0.15, 0.2) is 0 Å². The van der Waals surface area contributed by atoms with Crippen LogP contribution in [0.15, 0.2) is 29.1 Å². The lowest BCUT2D eigenvalue weighted by atomic mass is 9.97. The maximum absolute atomic E-state index is 12.3. The molecule has 0 saturated heterocycles. The molecule has 1 aromatic carbocycles. The number of anilines is 1. The highest BCUT2D eigenvalue weighted by Gasteiger charge is 2.32. The predicted octanol–water partition coefficient (Wildman–Crippen LogP) is 0.987. The van der Waals surface area contributed by atoms with Crippen molar-refractivity contribution in [1.82, 2.24) is 14.7 Å². The van der Waals surface area contributed by atoms with Crippen molar-refractivity contribution < 1.29 is 14.4 Å². The summed E-state index contributed by atoms with van der Waals surface area (Å²) in [4.78, 5) is 49.5. The Labute approximate surface area is 154 Å². The van der Waals surface area contributed by atoms with Gasteiger partial charge in [-0.3, -0.25) is 24.1 Å². The molecule has 0 spiro atoms. The maximum atomic E-state index is 12.3. The van der Waals surface area contributed by atoms with E-state index in [4.69, 9.17) is 0 Å². The van der Waals surface area contributed by atoms with Gasteiger partial charge in [-0.2, -0.15) is 5.10 Å². The number of fused-ring (bicyclic) bond motifs is 2. The normalized spacial score (nSPS) is 15.5. The number of nitrogens with zero attached hydrogens (tertiary/aromatic N) is 3. The molecule has 3 amide bonds. The number of carbonyl (C=O) groups is 3. The van der Waals surface area contributed by atoms with Crippen LogP contribution < -0.4 is 10.9 Å². The van der Waals surface area contributed by atoms with Crippen LogP contribution in [-0.2, 0) is 24.2 Å². The molecule has 2 aliphatic rings. The van der Waals surface area contributed by atoms with E-state index in [0.29, 0.717) is 11.3 Å². The van der Waals surface area contributed by atoms with Gasteiger partial charge in [0, 0.05) is 18.8 Å². The lowest BCUT2D eigenvalue weighted by Gasteiger charge is -2.15. The molecule has 1 aliphatic carbocycles. The summed E-state index contributed by atoms with van der Waals surface area (Å²) < 4.78 is 1.16. The van der Waals surface area contributed by atoms with Gasteiger partial charge in [0.25, 0.3) is 17.4 Å². The second-order valence-electron chi connectivity index (χ2n) is 6.80. The fourth-order valence-corrected chi connectivity index (χ4v) is 3.49. The summed E-state index contributed by atoms with van der Waals surface area (Å²) in [6.45, 7) is -0.212. The largest absolute Gasteiger partial charge is 0.324 e. The van der Waals surface area contributed by atoms with E-state index in [2.05, 4.69) is 10.4 Å². The Morgan fingerprint density at radius 1 is 1.07 bits per heavy atom. The topological polar surface area (TPSA) is 101 Å². The molecule has 138 valence electrons. The van der Waals surface area contributed by atoms with E-state index in [-0.39, 0.29) is 23.6 Å². The third kappa shape index (κ3) is 3.03. The fraction of sp³-hybridized carbons (Fsp3) is 0.316. The first-order valence-corrected chi connectivity index (χ1v) is 8.80.